The first kappa shape index (κ1) is 25.8. The van der Waals surface area contributed by atoms with Crippen molar-refractivity contribution in [1.82, 2.24) is 20.2 Å². The maximum absolute atomic E-state index is 13.9. The van der Waals surface area contributed by atoms with Gasteiger partial charge in [-0.15, -0.1) is 0 Å². The maximum Gasteiger partial charge on any atom is 0.416 e. The summed E-state index contributed by atoms with van der Waals surface area (Å²) in [5.41, 5.74) is -1.06. The molecule has 0 aliphatic carbocycles. The van der Waals surface area contributed by atoms with E-state index in [1.807, 2.05) is 18.2 Å². The minimum Gasteiger partial charge on any atom is -0.480 e. The number of likely N-dealkylation sites (tertiary alicyclic amines) is 1. The highest BCUT2D eigenvalue weighted by Gasteiger charge is 2.68. The zero-order valence-electron chi connectivity index (χ0n) is 20.9. The van der Waals surface area contributed by atoms with Crippen molar-refractivity contribution in [2.45, 2.75) is 30.7 Å². The second-order valence-corrected chi connectivity index (χ2v) is 10.1. The minimum atomic E-state index is -4.65. The molecule has 0 radical (unpaired) electrons. The maximum atomic E-state index is 13.9. The van der Waals surface area contributed by atoms with Crippen LogP contribution in [0.1, 0.15) is 28.4 Å². The van der Waals surface area contributed by atoms with Gasteiger partial charge in [0.2, 0.25) is 11.8 Å². The number of fused-ring (bicyclic) bond motifs is 2. The Hall–Kier alpha value is -4.51. The number of aromatic amines is 1. The van der Waals surface area contributed by atoms with Gasteiger partial charge in [0, 0.05) is 35.8 Å². The molecule has 8 nitrogen and oxygen atoms in total. The number of hydrogen-bond donors (Lipinski definition) is 3. The van der Waals surface area contributed by atoms with E-state index in [2.05, 4.69) is 15.3 Å². The van der Waals surface area contributed by atoms with Crippen LogP contribution in [0.15, 0.2) is 79.1 Å². The van der Waals surface area contributed by atoms with Crippen molar-refractivity contribution < 1.29 is 32.7 Å². The summed E-state index contributed by atoms with van der Waals surface area (Å²) in [4.78, 5) is 49.1. The molecule has 0 spiro atoms. The number of H-pyrrole nitrogens is 1. The fraction of sp³-hybridized carbons (Fsp3) is 0.241. The third-order valence-corrected chi connectivity index (χ3v) is 7.89. The average molecular weight is 549 g/mol. The van der Waals surface area contributed by atoms with E-state index < -0.39 is 52.9 Å². The Morgan fingerprint density at radius 1 is 1.02 bits per heavy atom. The Morgan fingerprint density at radius 3 is 2.52 bits per heavy atom. The minimum absolute atomic E-state index is 0.0766. The molecule has 2 saturated heterocycles. The molecule has 0 saturated carbocycles. The van der Waals surface area contributed by atoms with Gasteiger partial charge in [-0.2, -0.15) is 13.2 Å². The molecule has 2 fully saturated rings. The number of nitrogens with one attached hydrogen (secondary N) is 2. The van der Waals surface area contributed by atoms with Crippen molar-refractivity contribution in [1.29, 1.82) is 0 Å². The highest BCUT2D eigenvalue weighted by atomic mass is 19.4. The number of halogens is 3. The molecular formula is C29H23F3N4O4. The normalized spacial score (nSPS) is 24.6. The van der Waals surface area contributed by atoms with Gasteiger partial charge in [0.1, 0.15) is 5.54 Å². The Balaban J connectivity index is 1.48. The van der Waals surface area contributed by atoms with Crippen molar-refractivity contribution >= 4 is 28.7 Å². The van der Waals surface area contributed by atoms with Crippen molar-refractivity contribution in [3.05, 3.63) is 102 Å². The van der Waals surface area contributed by atoms with Gasteiger partial charge in [0.05, 0.1) is 29.6 Å². The smallest absolute Gasteiger partial charge is 0.416 e. The summed E-state index contributed by atoms with van der Waals surface area (Å²) in [6.45, 7) is -0.177. The number of pyridine rings is 1. The second kappa shape index (κ2) is 9.30. The Labute approximate surface area is 225 Å². The second-order valence-electron chi connectivity index (χ2n) is 10.1. The topological polar surface area (TPSA) is 115 Å². The number of imide groups is 1. The van der Waals surface area contributed by atoms with Crippen LogP contribution in [0.4, 0.5) is 13.2 Å². The van der Waals surface area contributed by atoms with Crippen LogP contribution in [-0.2, 0) is 33.5 Å². The molecule has 4 unspecified atom stereocenters. The van der Waals surface area contributed by atoms with Crippen molar-refractivity contribution in [3.63, 3.8) is 0 Å². The van der Waals surface area contributed by atoms with Gasteiger partial charge in [-0.25, -0.2) is 0 Å². The van der Waals surface area contributed by atoms with Crippen LogP contribution in [0.2, 0.25) is 0 Å². The molecule has 3 N–H and O–H groups in total. The number of para-hydroxylation sites is 1. The summed E-state index contributed by atoms with van der Waals surface area (Å²) < 4.78 is 40.8. The number of alkyl halides is 3. The number of amides is 2. The lowest BCUT2D eigenvalue weighted by Crippen LogP contribution is -2.57. The zero-order chi connectivity index (χ0) is 28.2. The molecule has 6 rings (SSSR count). The van der Waals surface area contributed by atoms with Gasteiger partial charge in [0.25, 0.3) is 0 Å². The molecule has 4 atom stereocenters. The fourth-order valence-corrected chi connectivity index (χ4v) is 6.08. The number of rotatable bonds is 6. The Kier molecular flexibility index (Phi) is 5.99. The van der Waals surface area contributed by atoms with Gasteiger partial charge < -0.3 is 10.1 Å². The summed E-state index contributed by atoms with van der Waals surface area (Å²) in [5.74, 6) is -5.33. The van der Waals surface area contributed by atoms with Crippen molar-refractivity contribution in [2.75, 3.05) is 0 Å². The van der Waals surface area contributed by atoms with E-state index in [0.29, 0.717) is 11.3 Å². The van der Waals surface area contributed by atoms with E-state index in [1.165, 1.54) is 18.3 Å². The Bertz CT molecular complexity index is 1640. The molecule has 2 amide bonds. The van der Waals surface area contributed by atoms with E-state index in [4.69, 9.17) is 0 Å². The molecule has 204 valence electrons. The summed E-state index contributed by atoms with van der Waals surface area (Å²) >= 11 is 0. The lowest BCUT2D eigenvalue weighted by atomic mass is 9.76. The van der Waals surface area contributed by atoms with E-state index in [9.17, 15) is 32.7 Å². The number of carboxylic acids is 1. The van der Waals surface area contributed by atoms with Gasteiger partial charge >= 0.3 is 12.1 Å². The van der Waals surface area contributed by atoms with Gasteiger partial charge in [-0.1, -0.05) is 36.4 Å². The summed E-state index contributed by atoms with van der Waals surface area (Å²) in [6.07, 6.45) is -1.68. The van der Waals surface area contributed by atoms with Crippen LogP contribution in [0.3, 0.4) is 0 Å². The van der Waals surface area contributed by atoms with E-state index >= 15 is 0 Å². The number of aromatic nitrogens is 2. The fourth-order valence-electron chi connectivity index (χ4n) is 6.08. The number of carboxylic acid groups (broad SMARTS) is 1. The first-order valence-corrected chi connectivity index (χ1v) is 12.6. The van der Waals surface area contributed by atoms with Crippen LogP contribution in [0, 0.1) is 11.8 Å². The van der Waals surface area contributed by atoms with Crippen LogP contribution in [0.25, 0.3) is 10.9 Å². The zero-order valence-corrected chi connectivity index (χ0v) is 20.9. The van der Waals surface area contributed by atoms with E-state index in [0.717, 1.165) is 27.9 Å². The molecule has 40 heavy (non-hydrogen) atoms. The predicted molar refractivity (Wildman–Crippen MR) is 136 cm³/mol. The highest BCUT2D eigenvalue weighted by Crippen LogP contribution is 2.51. The summed E-state index contributed by atoms with van der Waals surface area (Å²) in [6, 6.07) is 15.5. The van der Waals surface area contributed by atoms with Crippen LogP contribution in [0.5, 0.6) is 0 Å². The summed E-state index contributed by atoms with van der Waals surface area (Å²) in [7, 11) is 0. The lowest BCUT2D eigenvalue weighted by Gasteiger charge is -2.31. The quantitative estimate of drug-likeness (QED) is 0.313. The molecule has 4 aromatic rings. The molecular weight excluding hydrogens is 525 g/mol. The van der Waals surface area contributed by atoms with E-state index in [-0.39, 0.29) is 18.5 Å². The average Bonchev–Trinajstić information content (AvgIpc) is 3.58. The third-order valence-electron chi connectivity index (χ3n) is 7.89. The molecule has 2 aromatic heterocycles. The molecule has 4 heterocycles. The standard InChI is InChI=1S/C29H23F3N4O4/c30-29(31,32)18-7-5-6-16(12-18)24-22-23(26(38)36(25(22)37)15-19-8-3-4-11-33-19)28(35-24,27(39)40)13-17-14-34-21-10-2-1-9-20(17)21/h1-12,14,22-24,34-35H,13,15H2,(H,39,40). The van der Waals surface area contributed by atoms with Crippen molar-refractivity contribution in [3.8, 4) is 0 Å². The number of carbonyl (C=O) groups is 3. The van der Waals surface area contributed by atoms with Crippen LogP contribution in [-0.4, -0.2) is 43.3 Å². The number of nitrogens with zero attached hydrogens (tertiary/aromatic N) is 2. The van der Waals surface area contributed by atoms with Gasteiger partial charge in [0.15, 0.2) is 0 Å². The lowest BCUT2D eigenvalue weighted by molar-refractivity contribution is -0.151. The van der Waals surface area contributed by atoms with Gasteiger partial charge in [-0.05, 0) is 41.5 Å². The number of benzene rings is 2. The number of hydrogen-bond acceptors (Lipinski definition) is 5. The Morgan fingerprint density at radius 2 is 1.80 bits per heavy atom. The predicted octanol–water partition coefficient (Wildman–Crippen LogP) is 4.09. The highest BCUT2D eigenvalue weighted by molar-refractivity contribution is 6.09. The third kappa shape index (κ3) is 4.04. The largest absolute Gasteiger partial charge is 0.480 e. The molecule has 0 bridgehead atoms. The van der Waals surface area contributed by atoms with Gasteiger partial charge in [-0.3, -0.25) is 29.6 Å². The number of carbonyl (C=O) groups excluding carboxylic acids is 2. The molecule has 11 heteroatoms. The monoisotopic (exact) mass is 548 g/mol. The molecule has 2 aliphatic rings. The van der Waals surface area contributed by atoms with Crippen LogP contribution < -0.4 is 5.32 Å². The van der Waals surface area contributed by atoms with E-state index in [1.54, 1.807) is 30.5 Å². The van der Waals surface area contributed by atoms with Crippen LogP contribution >= 0.6 is 0 Å². The SMILES string of the molecule is O=C1C2C(c3cccc(C(F)(F)F)c3)NC(Cc3c[nH]c4ccccc34)(C(=O)O)C2C(=O)N1Cc1ccccn1. The summed E-state index contributed by atoms with van der Waals surface area (Å²) in [5, 5.41) is 14.4. The first-order valence-electron chi connectivity index (χ1n) is 12.6. The first-order chi connectivity index (χ1) is 19.1. The molecule has 2 aliphatic heterocycles. The van der Waals surface area contributed by atoms with Crippen molar-refractivity contribution in [2.24, 2.45) is 11.8 Å². The number of aliphatic carboxylic acids is 1. The molecule has 2 aromatic carbocycles.